The minimum atomic E-state index is -0.722. The Labute approximate surface area is 237 Å². The number of ether oxygens (including phenoxy) is 2. The zero-order valence-electron chi connectivity index (χ0n) is 23.8. The van der Waals surface area contributed by atoms with Gasteiger partial charge < -0.3 is 25.2 Å². The lowest BCUT2D eigenvalue weighted by molar-refractivity contribution is -0.149. The zero-order valence-corrected chi connectivity index (χ0v) is 24.5. The number of hydrogen-bond acceptors (Lipinski definition) is 6. The molecule has 0 fully saturated rings. The molecule has 3 N–H and O–H groups in total. The first-order chi connectivity index (χ1) is 18.4. The van der Waals surface area contributed by atoms with Crippen molar-refractivity contribution in [1.29, 1.82) is 0 Å². The second-order valence-corrected chi connectivity index (χ2v) is 10.4. The summed E-state index contributed by atoms with van der Waals surface area (Å²) in [6.45, 7) is 9.35. The number of carbonyl (C=O) groups excluding carboxylic acids is 3. The van der Waals surface area contributed by atoms with E-state index >= 15 is 0 Å². The van der Waals surface area contributed by atoms with Gasteiger partial charge in [-0.25, -0.2) is 4.79 Å². The quantitative estimate of drug-likeness (QED) is 0.156. The highest BCUT2D eigenvalue weighted by molar-refractivity contribution is 6.29. The molecule has 0 aromatic heterocycles. The van der Waals surface area contributed by atoms with Gasteiger partial charge in [0.25, 0.3) is 0 Å². The van der Waals surface area contributed by atoms with Crippen molar-refractivity contribution in [3.8, 4) is 0 Å². The molecular formula is C30H43ClN2O6. The van der Waals surface area contributed by atoms with Gasteiger partial charge in [-0.3, -0.25) is 9.59 Å². The molecule has 0 saturated carbocycles. The summed E-state index contributed by atoms with van der Waals surface area (Å²) in [7, 11) is 1.45. The van der Waals surface area contributed by atoms with Gasteiger partial charge >= 0.3 is 5.97 Å². The van der Waals surface area contributed by atoms with Crippen LogP contribution >= 0.6 is 11.6 Å². The number of amides is 2. The summed E-state index contributed by atoms with van der Waals surface area (Å²) in [5, 5.41) is 15.9. The molecule has 39 heavy (non-hydrogen) atoms. The Bertz CT molecular complexity index is 1000. The van der Waals surface area contributed by atoms with Gasteiger partial charge in [0.15, 0.2) is 5.76 Å². The second-order valence-electron chi connectivity index (χ2n) is 9.84. The third kappa shape index (κ3) is 14.0. The molecule has 8 nitrogen and oxygen atoms in total. The molecule has 0 bridgehead atoms. The number of esters is 1. The first-order valence-electron chi connectivity index (χ1n) is 13.2. The van der Waals surface area contributed by atoms with Crippen molar-refractivity contribution in [2.45, 2.75) is 78.6 Å². The second kappa shape index (κ2) is 18.2. The first kappa shape index (κ1) is 33.9. The Hall–Kier alpha value is -3.10. The third-order valence-corrected chi connectivity index (χ3v) is 6.11. The molecule has 0 aromatic rings. The van der Waals surface area contributed by atoms with Crippen LogP contribution in [0.25, 0.3) is 0 Å². The fraction of sp³-hybridized carbons (Fsp3) is 0.500. The van der Waals surface area contributed by atoms with Crippen molar-refractivity contribution in [2.24, 2.45) is 11.8 Å². The van der Waals surface area contributed by atoms with Gasteiger partial charge in [-0.1, -0.05) is 74.4 Å². The maximum atomic E-state index is 12.6. The molecule has 4 atom stereocenters. The van der Waals surface area contributed by atoms with Crippen molar-refractivity contribution in [3.63, 3.8) is 0 Å². The molecule has 1 aliphatic rings. The zero-order chi connectivity index (χ0) is 29.4. The van der Waals surface area contributed by atoms with Crippen molar-refractivity contribution in [2.75, 3.05) is 7.11 Å². The summed E-state index contributed by atoms with van der Waals surface area (Å²) < 4.78 is 10.6. The lowest BCUT2D eigenvalue weighted by Crippen LogP contribution is -2.48. The van der Waals surface area contributed by atoms with E-state index < -0.39 is 24.0 Å². The number of methoxy groups -OCH3 is 1. The molecule has 2 amide bonds. The molecule has 1 heterocycles. The Morgan fingerprint density at radius 3 is 2.54 bits per heavy atom. The molecule has 0 unspecified atom stereocenters. The van der Waals surface area contributed by atoms with E-state index in [0.29, 0.717) is 30.7 Å². The molecule has 0 aromatic carbocycles. The maximum absolute atomic E-state index is 12.6. The number of cyclic esters (lactones) is 1. The van der Waals surface area contributed by atoms with Crippen LogP contribution in [-0.2, 0) is 23.9 Å². The van der Waals surface area contributed by atoms with Crippen LogP contribution in [-0.4, -0.2) is 48.2 Å². The molecule has 0 aliphatic carbocycles. The van der Waals surface area contributed by atoms with Crippen LogP contribution in [0.3, 0.4) is 0 Å². The number of allylic oxidation sites excluding steroid dienone is 6. The van der Waals surface area contributed by atoms with E-state index in [9.17, 15) is 19.5 Å². The normalized spacial score (nSPS) is 19.6. The predicted octanol–water partition coefficient (Wildman–Crippen LogP) is 4.97. The van der Waals surface area contributed by atoms with E-state index in [4.69, 9.17) is 21.1 Å². The molecule has 1 rings (SSSR count). The third-order valence-electron chi connectivity index (χ3n) is 5.96. The summed E-state index contributed by atoms with van der Waals surface area (Å²) in [4.78, 5) is 37.0. The van der Waals surface area contributed by atoms with Crippen molar-refractivity contribution in [3.05, 3.63) is 71.2 Å². The summed E-state index contributed by atoms with van der Waals surface area (Å²) in [5.41, 5.74) is 0.956. The largest absolute Gasteiger partial charge is 0.490 e. The van der Waals surface area contributed by atoms with Gasteiger partial charge in [0.05, 0.1) is 13.2 Å². The van der Waals surface area contributed by atoms with Gasteiger partial charge in [-0.15, -0.1) is 0 Å². The number of nitrogens with one attached hydrogen (secondary N) is 2. The van der Waals surface area contributed by atoms with Crippen molar-refractivity contribution < 1.29 is 29.0 Å². The number of aliphatic hydroxyl groups is 1. The van der Waals surface area contributed by atoms with Gasteiger partial charge in [0.1, 0.15) is 12.1 Å². The standard InChI is InChI=1S/C30H43ClN2O6/c1-20(2)28(29(36)32-18-10-12-24(34)17-16-23(5)31)33-27(35)15-8-7-11-21(3)19-22(4)25-13-9-14-26(38-6)30(37)39-25/h7-8,10-11,14-16,18-20,22,24-25,28,34H,9,12-13,17H2,1-6H3,(H,32,36)(H,33,35)/b11-7-,15-8-,18-10-,21-19+,23-16+/t22-,24-,25-,28-/m0/s1. The Balaban J connectivity index is 2.58. The van der Waals surface area contributed by atoms with Crippen LogP contribution in [0.5, 0.6) is 0 Å². The summed E-state index contributed by atoms with van der Waals surface area (Å²) in [6.07, 6.45) is 16.5. The molecule has 216 valence electrons. The lowest BCUT2D eigenvalue weighted by atomic mass is 9.98. The van der Waals surface area contributed by atoms with Gasteiger partial charge in [0.2, 0.25) is 11.8 Å². The minimum absolute atomic E-state index is 0.00443. The van der Waals surface area contributed by atoms with E-state index in [1.54, 1.807) is 37.3 Å². The molecule has 9 heteroatoms. The first-order valence-corrected chi connectivity index (χ1v) is 13.6. The van der Waals surface area contributed by atoms with E-state index in [0.717, 1.165) is 5.57 Å². The highest BCUT2D eigenvalue weighted by atomic mass is 35.5. The topological polar surface area (TPSA) is 114 Å². The van der Waals surface area contributed by atoms with Crippen molar-refractivity contribution >= 4 is 29.4 Å². The van der Waals surface area contributed by atoms with E-state index in [1.165, 1.54) is 19.4 Å². The number of carbonyl (C=O) groups is 3. The lowest BCUT2D eigenvalue weighted by Gasteiger charge is -2.20. The molecule has 0 spiro atoms. The van der Waals surface area contributed by atoms with Gasteiger partial charge in [0, 0.05) is 17.0 Å². The molecule has 0 radical (unpaired) electrons. The van der Waals surface area contributed by atoms with E-state index in [1.807, 2.05) is 39.8 Å². The van der Waals surface area contributed by atoms with Crippen molar-refractivity contribution in [1.82, 2.24) is 10.6 Å². The number of halogens is 1. The van der Waals surface area contributed by atoms with Crippen LogP contribution < -0.4 is 10.6 Å². The number of rotatable bonds is 14. The van der Waals surface area contributed by atoms with Crippen LogP contribution in [0.4, 0.5) is 0 Å². The predicted molar refractivity (Wildman–Crippen MR) is 154 cm³/mol. The Morgan fingerprint density at radius 1 is 1.21 bits per heavy atom. The Kier molecular flexibility index (Phi) is 15.9. The van der Waals surface area contributed by atoms with Gasteiger partial charge in [-0.2, -0.15) is 0 Å². The fourth-order valence-electron chi connectivity index (χ4n) is 3.77. The van der Waals surface area contributed by atoms with E-state index in [2.05, 4.69) is 10.6 Å². The average molecular weight is 563 g/mol. The minimum Gasteiger partial charge on any atom is -0.490 e. The van der Waals surface area contributed by atoms with Crippen LogP contribution in [0.15, 0.2) is 71.2 Å². The monoisotopic (exact) mass is 562 g/mol. The van der Waals surface area contributed by atoms with Crippen LogP contribution in [0, 0.1) is 11.8 Å². The molecule has 0 saturated heterocycles. The average Bonchev–Trinajstić information content (AvgIpc) is 3.07. The van der Waals surface area contributed by atoms with Gasteiger partial charge in [-0.05, 0) is 57.7 Å². The van der Waals surface area contributed by atoms with E-state index in [-0.39, 0.29) is 29.6 Å². The Morgan fingerprint density at radius 2 is 1.90 bits per heavy atom. The highest BCUT2D eigenvalue weighted by Crippen LogP contribution is 2.22. The highest BCUT2D eigenvalue weighted by Gasteiger charge is 2.25. The van der Waals surface area contributed by atoms with Crippen LogP contribution in [0.1, 0.15) is 60.3 Å². The number of hydrogen-bond donors (Lipinski definition) is 3. The van der Waals surface area contributed by atoms with Crippen LogP contribution in [0.2, 0.25) is 0 Å². The SMILES string of the molecule is COC1=CCC[C@@H]([C@@H](C)/C=C(C)/C=C\C=C/C(=O)N[C@H](C(=O)N/C=C\C[C@H](O)C/C=C(\C)Cl)C(C)C)OC1=O. The summed E-state index contributed by atoms with van der Waals surface area (Å²) >= 11 is 5.76. The summed E-state index contributed by atoms with van der Waals surface area (Å²) in [6, 6.07) is -0.722. The number of aliphatic hydroxyl groups excluding tert-OH is 1. The summed E-state index contributed by atoms with van der Waals surface area (Å²) in [5.74, 6) is -1.07. The fourth-order valence-corrected chi connectivity index (χ4v) is 3.86. The molecule has 1 aliphatic heterocycles. The molecular weight excluding hydrogens is 520 g/mol. The maximum Gasteiger partial charge on any atom is 0.373 e. The smallest absolute Gasteiger partial charge is 0.373 e.